The summed E-state index contributed by atoms with van der Waals surface area (Å²) in [4.78, 5) is 26.3. The summed E-state index contributed by atoms with van der Waals surface area (Å²) in [7, 11) is 0. The molecule has 20 heavy (non-hydrogen) atoms. The summed E-state index contributed by atoms with van der Waals surface area (Å²) in [6.45, 7) is 1.36. The second-order valence-electron chi connectivity index (χ2n) is 5.37. The topological polar surface area (TPSA) is 82.2 Å². The van der Waals surface area contributed by atoms with Gasteiger partial charge in [0.25, 0.3) is 0 Å². The maximum Gasteiger partial charge on any atom is 0.329 e. The largest absolute Gasteiger partial charge is 0.479 e. The lowest BCUT2D eigenvalue weighted by Gasteiger charge is -2.33. The summed E-state index contributed by atoms with van der Waals surface area (Å²) >= 11 is 0. The Balaban J connectivity index is 2.09. The summed E-state index contributed by atoms with van der Waals surface area (Å²) in [5, 5.41) is 13.2. The minimum Gasteiger partial charge on any atom is -0.479 e. The van der Waals surface area contributed by atoms with Crippen LogP contribution < -0.4 is 5.32 Å². The van der Waals surface area contributed by atoms with Gasteiger partial charge in [0.2, 0.25) is 5.91 Å². The van der Waals surface area contributed by atoms with Crippen LogP contribution in [0.25, 0.3) is 10.9 Å². The molecule has 104 valence electrons. The predicted octanol–water partition coefficient (Wildman–Crippen LogP) is 1.62. The molecule has 0 radical (unpaired) electrons. The Hall–Kier alpha value is -2.30. The lowest BCUT2D eigenvalue weighted by molar-refractivity contribution is -0.148. The standard InChI is InChI=1S/C15H16N2O3/c1-9(18)17-15(14(19)20)7-6-13-11(8-15)10-4-2-3-5-12(10)16-13/h2-5,16H,6-8H2,1H3,(H,17,18)(H,19,20). The van der Waals surface area contributed by atoms with Crippen LogP contribution in [-0.2, 0) is 22.4 Å². The Morgan fingerprint density at radius 1 is 1.35 bits per heavy atom. The number of H-pyrrole nitrogens is 1. The fourth-order valence-corrected chi connectivity index (χ4v) is 3.08. The van der Waals surface area contributed by atoms with Crippen molar-refractivity contribution in [1.82, 2.24) is 10.3 Å². The monoisotopic (exact) mass is 272 g/mol. The van der Waals surface area contributed by atoms with E-state index >= 15 is 0 Å². The predicted molar refractivity (Wildman–Crippen MR) is 74.5 cm³/mol. The molecule has 0 fully saturated rings. The first kappa shape index (κ1) is 12.7. The average molecular weight is 272 g/mol. The number of carbonyl (C=O) groups excluding carboxylic acids is 1. The normalized spacial score (nSPS) is 21.4. The van der Waals surface area contributed by atoms with E-state index in [4.69, 9.17) is 0 Å². The second-order valence-corrected chi connectivity index (χ2v) is 5.37. The number of carbonyl (C=O) groups is 2. The van der Waals surface area contributed by atoms with Gasteiger partial charge in [-0.15, -0.1) is 0 Å². The summed E-state index contributed by atoms with van der Waals surface area (Å²) in [6.07, 6.45) is 1.35. The molecule has 1 atom stereocenters. The third kappa shape index (κ3) is 1.86. The van der Waals surface area contributed by atoms with Crippen LogP contribution in [0.3, 0.4) is 0 Å². The highest BCUT2D eigenvalue weighted by Gasteiger charge is 2.43. The first-order valence-corrected chi connectivity index (χ1v) is 6.62. The fourth-order valence-electron chi connectivity index (χ4n) is 3.08. The highest BCUT2D eigenvalue weighted by molar-refractivity contribution is 5.90. The molecule has 1 aromatic carbocycles. The van der Waals surface area contributed by atoms with Gasteiger partial charge in [-0.1, -0.05) is 18.2 Å². The van der Waals surface area contributed by atoms with Gasteiger partial charge in [-0.05, 0) is 24.5 Å². The highest BCUT2D eigenvalue weighted by Crippen LogP contribution is 2.34. The Bertz CT molecular complexity index is 704. The van der Waals surface area contributed by atoms with Gasteiger partial charge in [0.1, 0.15) is 5.54 Å². The van der Waals surface area contributed by atoms with Gasteiger partial charge >= 0.3 is 5.97 Å². The first-order valence-electron chi connectivity index (χ1n) is 6.62. The molecule has 0 saturated heterocycles. The average Bonchev–Trinajstić information content (AvgIpc) is 2.76. The highest BCUT2D eigenvalue weighted by atomic mass is 16.4. The minimum absolute atomic E-state index is 0.310. The van der Waals surface area contributed by atoms with E-state index in [0.29, 0.717) is 19.3 Å². The van der Waals surface area contributed by atoms with Crippen LogP contribution in [0.5, 0.6) is 0 Å². The number of para-hydroxylation sites is 1. The van der Waals surface area contributed by atoms with Crippen molar-refractivity contribution in [2.75, 3.05) is 0 Å². The van der Waals surface area contributed by atoms with Gasteiger partial charge in [-0.3, -0.25) is 4.79 Å². The van der Waals surface area contributed by atoms with E-state index in [-0.39, 0.29) is 5.91 Å². The Morgan fingerprint density at radius 2 is 2.10 bits per heavy atom. The summed E-state index contributed by atoms with van der Waals surface area (Å²) in [5.74, 6) is -1.28. The molecule has 3 rings (SSSR count). The first-order chi connectivity index (χ1) is 9.52. The number of aromatic amines is 1. The van der Waals surface area contributed by atoms with Gasteiger partial charge in [-0.25, -0.2) is 4.79 Å². The molecular weight excluding hydrogens is 256 g/mol. The van der Waals surface area contributed by atoms with Crippen LogP contribution >= 0.6 is 0 Å². The molecule has 0 spiro atoms. The van der Waals surface area contributed by atoms with Crippen molar-refractivity contribution in [1.29, 1.82) is 0 Å². The molecule has 1 unspecified atom stereocenters. The van der Waals surface area contributed by atoms with Crippen molar-refractivity contribution in [3.63, 3.8) is 0 Å². The molecule has 5 heteroatoms. The molecule has 2 aromatic rings. The molecule has 1 amide bonds. The Labute approximate surface area is 116 Å². The van der Waals surface area contributed by atoms with E-state index in [1.165, 1.54) is 6.92 Å². The number of aromatic nitrogens is 1. The number of aryl methyl sites for hydroxylation is 1. The number of rotatable bonds is 2. The number of nitrogens with one attached hydrogen (secondary N) is 2. The van der Waals surface area contributed by atoms with E-state index < -0.39 is 11.5 Å². The molecule has 1 aliphatic rings. The minimum atomic E-state index is -1.19. The number of carboxylic acid groups (broad SMARTS) is 1. The van der Waals surface area contributed by atoms with Gasteiger partial charge in [0.05, 0.1) is 0 Å². The summed E-state index contributed by atoms with van der Waals surface area (Å²) in [6, 6.07) is 7.85. The van der Waals surface area contributed by atoms with Gasteiger partial charge in [-0.2, -0.15) is 0 Å². The number of benzene rings is 1. The Morgan fingerprint density at radius 3 is 2.80 bits per heavy atom. The number of hydrogen-bond acceptors (Lipinski definition) is 2. The number of aliphatic carboxylic acids is 1. The van der Waals surface area contributed by atoms with Gasteiger partial charge in [0, 0.05) is 29.9 Å². The van der Waals surface area contributed by atoms with E-state index in [2.05, 4.69) is 10.3 Å². The lowest BCUT2D eigenvalue weighted by Crippen LogP contribution is -2.57. The molecule has 0 aliphatic heterocycles. The van der Waals surface area contributed by atoms with Crippen molar-refractivity contribution in [2.24, 2.45) is 0 Å². The van der Waals surface area contributed by atoms with E-state index in [0.717, 1.165) is 22.2 Å². The van der Waals surface area contributed by atoms with Crippen molar-refractivity contribution in [3.05, 3.63) is 35.5 Å². The van der Waals surface area contributed by atoms with Crippen molar-refractivity contribution < 1.29 is 14.7 Å². The molecule has 3 N–H and O–H groups in total. The van der Waals surface area contributed by atoms with Crippen LogP contribution in [0.2, 0.25) is 0 Å². The van der Waals surface area contributed by atoms with E-state index in [1.807, 2.05) is 24.3 Å². The van der Waals surface area contributed by atoms with Crippen LogP contribution in [0.4, 0.5) is 0 Å². The van der Waals surface area contributed by atoms with Gasteiger partial charge in [0.15, 0.2) is 0 Å². The van der Waals surface area contributed by atoms with E-state index in [9.17, 15) is 14.7 Å². The second kappa shape index (κ2) is 4.37. The number of fused-ring (bicyclic) bond motifs is 3. The fraction of sp³-hybridized carbons (Fsp3) is 0.333. The Kier molecular flexibility index (Phi) is 2.78. The van der Waals surface area contributed by atoms with Crippen molar-refractivity contribution >= 4 is 22.8 Å². The maximum absolute atomic E-state index is 11.7. The molecule has 0 saturated carbocycles. The van der Waals surface area contributed by atoms with Crippen molar-refractivity contribution in [2.45, 2.75) is 31.7 Å². The smallest absolute Gasteiger partial charge is 0.329 e. The third-order valence-electron chi connectivity index (χ3n) is 4.01. The van der Waals surface area contributed by atoms with Gasteiger partial charge < -0.3 is 15.4 Å². The number of hydrogen-bond donors (Lipinski definition) is 3. The molecule has 0 bridgehead atoms. The quantitative estimate of drug-likeness (QED) is 0.777. The third-order valence-corrected chi connectivity index (χ3v) is 4.01. The zero-order valence-corrected chi connectivity index (χ0v) is 11.2. The number of carboxylic acids is 1. The molecule has 5 nitrogen and oxygen atoms in total. The molecule has 1 heterocycles. The zero-order valence-electron chi connectivity index (χ0n) is 11.2. The lowest BCUT2D eigenvalue weighted by atomic mass is 9.79. The zero-order chi connectivity index (χ0) is 14.3. The van der Waals surface area contributed by atoms with E-state index in [1.54, 1.807) is 0 Å². The maximum atomic E-state index is 11.7. The SMILES string of the molecule is CC(=O)NC1(C(=O)O)CCc2[nH]c3ccccc3c2C1. The summed E-state index contributed by atoms with van der Waals surface area (Å²) in [5.41, 5.74) is 1.90. The molecular formula is C15H16N2O3. The molecule has 1 aromatic heterocycles. The molecule has 1 aliphatic carbocycles. The summed E-state index contributed by atoms with van der Waals surface area (Å²) < 4.78 is 0. The van der Waals surface area contributed by atoms with Crippen LogP contribution in [0.15, 0.2) is 24.3 Å². The number of amides is 1. The van der Waals surface area contributed by atoms with Crippen molar-refractivity contribution in [3.8, 4) is 0 Å². The van der Waals surface area contributed by atoms with Crippen LogP contribution in [-0.4, -0.2) is 27.5 Å². The van der Waals surface area contributed by atoms with Crippen LogP contribution in [0.1, 0.15) is 24.6 Å². The van der Waals surface area contributed by atoms with Crippen LogP contribution in [0, 0.1) is 0 Å².